The molecule has 0 bridgehead atoms. The van der Waals surface area contributed by atoms with Crippen molar-refractivity contribution in [2.45, 2.75) is 49.8 Å². The van der Waals surface area contributed by atoms with Crippen molar-refractivity contribution in [3.8, 4) is 0 Å². The minimum atomic E-state index is -1.00. The molecule has 0 amide bonds. The number of aromatic nitrogens is 3. The number of ether oxygens (including phenoxy) is 1. The van der Waals surface area contributed by atoms with Gasteiger partial charge in [0.05, 0.1) is 7.11 Å². The Morgan fingerprint density at radius 1 is 1.47 bits per heavy atom. The van der Waals surface area contributed by atoms with Crippen LogP contribution in [0, 0.1) is 0 Å². The third kappa shape index (κ3) is 3.27. The molecule has 0 radical (unpaired) electrons. The van der Waals surface area contributed by atoms with Crippen molar-refractivity contribution in [3.63, 3.8) is 0 Å². The topological polar surface area (TPSA) is 83.0 Å². The van der Waals surface area contributed by atoms with Gasteiger partial charge in [0, 0.05) is 18.7 Å². The van der Waals surface area contributed by atoms with Gasteiger partial charge in [0.25, 0.3) is 0 Å². The molecule has 1 aromatic rings. The summed E-state index contributed by atoms with van der Waals surface area (Å²) in [6, 6.07) is 0. The summed E-state index contributed by atoms with van der Waals surface area (Å²) >= 11 is 1.47. The monoisotopic (exact) mass is 284 g/mol. The molecule has 6 nitrogen and oxygen atoms in total. The summed E-state index contributed by atoms with van der Waals surface area (Å²) in [6.45, 7) is 2.62. The first-order valence-electron chi connectivity index (χ1n) is 6.47. The second-order valence-electron chi connectivity index (χ2n) is 5.06. The van der Waals surface area contributed by atoms with Crippen LogP contribution >= 0.6 is 11.8 Å². The number of carbonyl (C=O) groups is 1. The van der Waals surface area contributed by atoms with Gasteiger partial charge in [-0.15, -0.1) is 10.2 Å². The van der Waals surface area contributed by atoms with Crippen molar-refractivity contribution in [2.24, 2.45) is 5.73 Å². The lowest BCUT2D eigenvalue weighted by molar-refractivity contribution is -0.145. The molecule has 0 aliphatic carbocycles. The molecule has 2 heterocycles. The molecule has 0 aromatic carbocycles. The molecule has 0 saturated heterocycles. The van der Waals surface area contributed by atoms with Crippen LogP contribution in [0.15, 0.2) is 5.16 Å². The molecule has 0 saturated carbocycles. The number of methoxy groups -OCH3 is 1. The van der Waals surface area contributed by atoms with Crippen molar-refractivity contribution >= 4 is 17.7 Å². The number of esters is 1. The predicted molar refractivity (Wildman–Crippen MR) is 72.9 cm³/mol. The smallest absolute Gasteiger partial charge is 0.326 e. The van der Waals surface area contributed by atoms with E-state index in [1.165, 1.54) is 31.7 Å². The number of rotatable bonds is 4. The average Bonchev–Trinajstić information content (AvgIpc) is 2.62. The number of nitrogens with zero attached hydrogens (tertiary/aromatic N) is 3. The van der Waals surface area contributed by atoms with Crippen LogP contribution in [0.5, 0.6) is 0 Å². The Balaban J connectivity index is 2.04. The van der Waals surface area contributed by atoms with E-state index in [4.69, 9.17) is 10.5 Å². The SMILES string of the molecule is COC(=O)C(C)(N)CSc1nnc2n1CCCCC2. The van der Waals surface area contributed by atoms with Crippen LogP contribution in [-0.4, -0.2) is 39.1 Å². The van der Waals surface area contributed by atoms with Gasteiger partial charge >= 0.3 is 5.97 Å². The van der Waals surface area contributed by atoms with E-state index >= 15 is 0 Å². The number of thioether (sulfide) groups is 1. The van der Waals surface area contributed by atoms with Gasteiger partial charge < -0.3 is 15.0 Å². The number of hydrogen-bond acceptors (Lipinski definition) is 6. The first-order chi connectivity index (χ1) is 9.04. The van der Waals surface area contributed by atoms with Crippen molar-refractivity contribution in [1.82, 2.24) is 14.8 Å². The molecule has 0 fully saturated rings. The van der Waals surface area contributed by atoms with Gasteiger partial charge in [0.15, 0.2) is 5.16 Å². The minimum absolute atomic E-state index is 0.407. The fourth-order valence-electron chi connectivity index (χ4n) is 2.07. The quantitative estimate of drug-likeness (QED) is 0.655. The van der Waals surface area contributed by atoms with Crippen molar-refractivity contribution in [2.75, 3.05) is 12.9 Å². The highest BCUT2D eigenvalue weighted by atomic mass is 32.2. The van der Waals surface area contributed by atoms with Crippen LogP contribution in [0.4, 0.5) is 0 Å². The molecule has 1 atom stereocenters. The van der Waals surface area contributed by atoms with E-state index < -0.39 is 11.5 Å². The lowest BCUT2D eigenvalue weighted by atomic mass is 10.1. The highest BCUT2D eigenvalue weighted by molar-refractivity contribution is 7.99. The summed E-state index contributed by atoms with van der Waals surface area (Å²) in [7, 11) is 1.35. The van der Waals surface area contributed by atoms with E-state index in [0.29, 0.717) is 5.75 Å². The maximum absolute atomic E-state index is 11.5. The molecular formula is C12H20N4O2S. The van der Waals surface area contributed by atoms with Gasteiger partial charge in [-0.05, 0) is 19.8 Å². The molecule has 1 aromatic heterocycles. The van der Waals surface area contributed by atoms with Gasteiger partial charge in [-0.1, -0.05) is 18.2 Å². The van der Waals surface area contributed by atoms with Crippen LogP contribution < -0.4 is 5.73 Å². The third-order valence-corrected chi connectivity index (χ3v) is 4.53. The summed E-state index contributed by atoms with van der Waals surface area (Å²) in [6.07, 6.45) is 4.52. The summed E-state index contributed by atoms with van der Waals surface area (Å²) < 4.78 is 6.84. The summed E-state index contributed by atoms with van der Waals surface area (Å²) in [5.41, 5.74) is 4.94. The molecule has 19 heavy (non-hydrogen) atoms. The van der Waals surface area contributed by atoms with Gasteiger partial charge in [0.1, 0.15) is 11.4 Å². The largest absolute Gasteiger partial charge is 0.468 e. The molecular weight excluding hydrogens is 264 g/mol. The van der Waals surface area contributed by atoms with Crippen molar-refractivity contribution in [1.29, 1.82) is 0 Å². The number of aryl methyl sites for hydroxylation is 1. The first-order valence-corrected chi connectivity index (χ1v) is 7.45. The highest BCUT2D eigenvalue weighted by Gasteiger charge is 2.30. The molecule has 2 rings (SSSR count). The maximum atomic E-state index is 11.5. The fraction of sp³-hybridized carbons (Fsp3) is 0.750. The standard InChI is InChI=1S/C12H20N4O2S/c1-12(13,10(17)18-2)8-19-11-15-14-9-6-4-3-5-7-16(9)11/h3-8,13H2,1-2H3. The summed E-state index contributed by atoms with van der Waals surface area (Å²) in [5.74, 6) is 1.06. The number of carbonyl (C=O) groups excluding carboxylic acids is 1. The van der Waals surface area contributed by atoms with E-state index in [-0.39, 0.29) is 0 Å². The molecule has 106 valence electrons. The normalized spacial score (nSPS) is 18.3. The van der Waals surface area contributed by atoms with Crippen LogP contribution in [0.2, 0.25) is 0 Å². The number of nitrogens with two attached hydrogens (primary N) is 1. The summed E-state index contributed by atoms with van der Waals surface area (Å²) in [4.78, 5) is 11.5. The van der Waals surface area contributed by atoms with E-state index in [1.54, 1.807) is 6.92 Å². The first kappa shape index (κ1) is 14.3. The molecule has 1 aliphatic heterocycles. The van der Waals surface area contributed by atoms with Crippen molar-refractivity contribution < 1.29 is 9.53 Å². The highest BCUT2D eigenvalue weighted by Crippen LogP contribution is 2.24. The van der Waals surface area contributed by atoms with Gasteiger partial charge in [-0.3, -0.25) is 4.79 Å². The number of hydrogen-bond donors (Lipinski definition) is 1. The van der Waals surface area contributed by atoms with E-state index in [0.717, 1.165) is 30.4 Å². The Morgan fingerprint density at radius 2 is 2.26 bits per heavy atom. The van der Waals surface area contributed by atoms with Crippen molar-refractivity contribution in [3.05, 3.63) is 5.82 Å². The van der Waals surface area contributed by atoms with E-state index in [2.05, 4.69) is 14.8 Å². The van der Waals surface area contributed by atoms with E-state index in [9.17, 15) is 4.79 Å². The molecule has 1 unspecified atom stereocenters. The third-order valence-electron chi connectivity index (χ3n) is 3.23. The Bertz CT molecular complexity index is 459. The van der Waals surface area contributed by atoms with Gasteiger partial charge in [-0.25, -0.2) is 0 Å². The molecule has 2 N–H and O–H groups in total. The van der Waals surface area contributed by atoms with Crippen LogP contribution in [0.3, 0.4) is 0 Å². The second kappa shape index (κ2) is 5.92. The fourth-order valence-corrected chi connectivity index (χ4v) is 3.07. The predicted octanol–water partition coefficient (Wildman–Crippen LogP) is 0.987. The zero-order chi connectivity index (χ0) is 13.9. The van der Waals surface area contributed by atoms with Crippen LogP contribution in [0.1, 0.15) is 32.0 Å². The minimum Gasteiger partial charge on any atom is -0.468 e. The zero-order valence-corrected chi connectivity index (χ0v) is 12.2. The average molecular weight is 284 g/mol. The molecule has 7 heteroatoms. The van der Waals surface area contributed by atoms with Crippen LogP contribution in [0.25, 0.3) is 0 Å². The molecule has 1 aliphatic rings. The lowest BCUT2D eigenvalue weighted by Gasteiger charge is -2.20. The zero-order valence-electron chi connectivity index (χ0n) is 11.4. The van der Waals surface area contributed by atoms with Crippen LogP contribution in [-0.2, 0) is 22.5 Å². The molecule has 0 spiro atoms. The Hall–Kier alpha value is -1.08. The number of fused-ring (bicyclic) bond motifs is 1. The van der Waals surface area contributed by atoms with Gasteiger partial charge in [-0.2, -0.15) is 0 Å². The Kier molecular flexibility index (Phi) is 4.46. The lowest BCUT2D eigenvalue weighted by Crippen LogP contribution is -2.48. The second-order valence-corrected chi connectivity index (χ2v) is 6.00. The maximum Gasteiger partial charge on any atom is 0.326 e. The summed E-state index contributed by atoms with van der Waals surface area (Å²) in [5, 5.41) is 9.26. The van der Waals surface area contributed by atoms with Gasteiger partial charge in [0.2, 0.25) is 0 Å². The Morgan fingerprint density at radius 3 is 3.00 bits per heavy atom. The Labute approximate surface area is 117 Å². The van der Waals surface area contributed by atoms with E-state index in [1.807, 2.05) is 0 Å².